The van der Waals surface area contributed by atoms with E-state index in [2.05, 4.69) is 45.9 Å². The number of nitrogen functional groups attached to an aromatic ring is 1. The van der Waals surface area contributed by atoms with Crippen molar-refractivity contribution >= 4 is 27.5 Å². The van der Waals surface area contributed by atoms with E-state index < -0.39 is 0 Å². The lowest BCUT2D eigenvalue weighted by atomic mass is 10.1. The summed E-state index contributed by atoms with van der Waals surface area (Å²) in [5, 5.41) is 0.728. The van der Waals surface area contributed by atoms with Gasteiger partial charge in [-0.3, -0.25) is 5.43 Å². The Labute approximate surface area is 115 Å². The number of aromatic nitrogens is 3. The summed E-state index contributed by atoms with van der Waals surface area (Å²) >= 11 is 1.55. The van der Waals surface area contributed by atoms with Gasteiger partial charge in [0.05, 0.1) is 23.9 Å². The van der Waals surface area contributed by atoms with E-state index in [-0.39, 0.29) is 0 Å². The van der Waals surface area contributed by atoms with Gasteiger partial charge in [0.15, 0.2) is 5.13 Å². The van der Waals surface area contributed by atoms with Gasteiger partial charge in [-0.15, -0.1) is 0 Å². The van der Waals surface area contributed by atoms with Gasteiger partial charge in [0.25, 0.3) is 0 Å². The summed E-state index contributed by atoms with van der Waals surface area (Å²) in [7, 11) is 0. The predicted octanol–water partition coefficient (Wildman–Crippen LogP) is 2.44. The summed E-state index contributed by atoms with van der Waals surface area (Å²) in [6.07, 6.45) is 3.71. The number of nitrogens with one attached hydrogen (secondary N) is 1. The van der Waals surface area contributed by atoms with Crippen molar-refractivity contribution in [3.05, 3.63) is 40.7 Å². The molecular formula is C13H15N5S. The molecule has 0 bridgehead atoms. The Bertz CT molecular complexity index is 728. The van der Waals surface area contributed by atoms with Crippen LogP contribution in [-0.4, -0.2) is 14.5 Å². The van der Waals surface area contributed by atoms with E-state index in [9.17, 15) is 0 Å². The minimum absolute atomic E-state index is 0.728. The molecule has 0 aliphatic carbocycles. The molecule has 19 heavy (non-hydrogen) atoms. The maximum atomic E-state index is 5.34. The molecular weight excluding hydrogens is 258 g/mol. The molecule has 0 spiro atoms. The maximum Gasteiger partial charge on any atom is 0.197 e. The fraction of sp³-hybridized carbons (Fsp3) is 0.231. The van der Waals surface area contributed by atoms with Crippen molar-refractivity contribution in [3.63, 3.8) is 0 Å². The smallest absolute Gasteiger partial charge is 0.197 e. The number of fused-ring (bicyclic) bond motifs is 1. The summed E-state index contributed by atoms with van der Waals surface area (Å²) in [6.45, 7) is 4.99. The molecule has 0 aliphatic rings. The number of nitrogens with zero attached hydrogens (tertiary/aromatic N) is 3. The Morgan fingerprint density at radius 1 is 1.26 bits per heavy atom. The Kier molecular flexibility index (Phi) is 2.96. The summed E-state index contributed by atoms with van der Waals surface area (Å²) < 4.78 is 2.13. The first kappa shape index (κ1) is 12.1. The van der Waals surface area contributed by atoms with Crippen molar-refractivity contribution in [3.8, 4) is 0 Å². The number of aryl methyl sites for hydroxylation is 2. The highest BCUT2D eigenvalue weighted by Crippen LogP contribution is 2.22. The maximum absolute atomic E-state index is 5.34. The zero-order valence-corrected chi connectivity index (χ0v) is 11.7. The molecule has 0 aliphatic heterocycles. The second-order valence-electron chi connectivity index (χ2n) is 4.57. The molecule has 2 aromatic heterocycles. The lowest BCUT2D eigenvalue weighted by molar-refractivity contribution is 0.835. The highest BCUT2D eigenvalue weighted by molar-refractivity contribution is 7.15. The van der Waals surface area contributed by atoms with Crippen molar-refractivity contribution < 1.29 is 0 Å². The van der Waals surface area contributed by atoms with E-state index in [1.165, 1.54) is 11.1 Å². The van der Waals surface area contributed by atoms with Crippen molar-refractivity contribution in [2.24, 2.45) is 5.84 Å². The predicted molar refractivity (Wildman–Crippen MR) is 78.2 cm³/mol. The van der Waals surface area contributed by atoms with Crippen LogP contribution >= 0.6 is 11.3 Å². The van der Waals surface area contributed by atoms with Gasteiger partial charge in [-0.05, 0) is 37.1 Å². The first-order valence-electron chi connectivity index (χ1n) is 6.01. The van der Waals surface area contributed by atoms with Gasteiger partial charge in [0.2, 0.25) is 0 Å². The molecule has 0 radical (unpaired) electrons. The molecule has 1 aromatic carbocycles. The number of hydrogen-bond donors (Lipinski definition) is 2. The standard InChI is InChI=1S/C13H15N5S/c1-8-3-11-12(4-9(8)2)18(7-16-11)6-10-5-15-13(17-14)19-10/h3-5,7H,6,14H2,1-2H3,(H,15,17). The van der Waals surface area contributed by atoms with Crippen LogP contribution in [0.25, 0.3) is 11.0 Å². The molecule has 2 heterocycles. The zero-order chi connectivity index (χ0) is 13.4. The number of nitrogens with two attached hydrogens (primary N) is 1. The van der Waals surface area contributed by atoms with Crippen LogP contribution in [0.2, 0.25) is 0 Å². The van der Waals surface area contributed by atoms with Crippen LogP contribution in [0.1, 0.15) is 16.0 Å². The third-order valence-corrected chi connectivity index (χ3v) is 4.15. The molecule has 3 N–H and O–H groups in total. The number of hydrogen-bond acceptors (Lipinski definition) is 5. The Morgan fingerprint density at radius 3 is 2.79 bits per heavy atom. The first-order chi connectivity index (χ1) is 9.17. The Morgan fingerprint density at radius 2 is 2.05 bits per heavy atom. The van der Waals surface area contributed by atoms with Crippen molar-refractivity contribution in [2.75, 3.05) is 5.43 Å². The average Bonchev–Trinajstić information content (AvgIpc) is 2.99. The van der Waals surface area contributed by atoms with Gasteiger partial charge in [0.1, 0.15) is 0 Å². The van der Waals surface area contributed by atoms with Gasteiger partial charge in [0, 0.05) is 11.1 Å². The molecule has 0 fully saturated rings. The second kappa shape index (κ2) is 4.64. The topological polar surface area (TPSA) is 68.8 Å². The normalized spacial score (nSPS) is 11.1. The zero-order valence-electron chi connectivity index (χ0n) is 10.8. The van der Waals surface area contributed by atoms with Gasteiger partial charge in [-0.1, -0.05) is 11.3 Å². The van der Waals surface area contributed by atoms with E-state index in [0.717, 1.165) is 27.6 Å². The first-order valence-corrected chi connectivity index (χ1v) is 6.82. The van der Waals surface area contributed by atoms with Crippen LogP contribution in [0, 0.1) is 13.8 Å². The van der Waals surface area contributed by atoms with Crippen LogP contribution in [0.4, 0.5) is 5.13 Å². The molecule has 0 amide bonds. The summed E-state index contributed by atoms with van der Waals surface area (Å²) in [5.41, 5.74) is 7.30. The molecule has 98 valence electrons. The monoisotopic (exact) mass is 273 g/mol. The average molecular weight is 273 g/mol. The van der Waals surface area contributed by atoms with Gasteiger partial charge in [-0.2, -0.15) is 0 Å². The number of rotatable bonds is 3. The number of thiazole rings is 1. The highest BCUT2D eigenvalue weighted by atomic mass is 32.1. The molecule has 0 saturated heterocycles. The van der Waals surface area contributed by atoms with Crippen molar-refractivity contribution in [1.29, 1.82) is 0 Å². The van der Waals surface area contributed by atoms with Gasteiger partial charge < -0.3 is 4.57 Å². The summed E-state index contributed by atoms with van der Waals surface area (Å²) in [4.78, 5) is 9.77. The van der Waals surface area contributed by atoms with Gasteiger partial charge >= 0.3 is 0 Å². The quantitative estimate of drug-likeness (QED) is 0.568. The minimum atomic E-state index is 0.728. The minimum Gasteiger partial charge on any atom is -0.325 e. The Hall–Kier alpha value is -1.92. The fourth-order valence-electron chi connectivity index (χ4n) is 2.05. The number of benzene rings is 1. The van der Waals surface area contributed by atoms with Crippen molar-refractivity contribution in [2.45, 2.75) is 20.4 Å². The summed E-state index contributed by atoms with van der Waals surface area (Å²) in [5.74, 6) is 5.34. The Balaban J connectivity index is 1.98. The summed E-state index contributed by atoms with van der Waals surface area (Å²) in [6, 6.07) is 4.31. The van der Waals surface area contributed by atoms with E-state index in [1.807, 2.05) is 12.5 Å². The molecule has 0 atom stereocenters. The third-order valence-electron chi connectivity index (χ3n) is 3.24. The van der Waals surface area contributed by atoms with Crippen LogP contribution in [0.5, 0.6) is 0 Å². The van der Waals surface area contributed by atoms with E-state index >= 15 is 0 Å². The van der Waals surface area contributed by atoms with Crippen LogP contribution < -0.4 is 11.3 Å². The molecule has 5 nitrogen and oxygen atoms in total. The van der Waals surface area contributed by atoms with E-state index in [1.54, 1.807) is 11.3 Å². The molecule has 3 rings (SSSR count). The second-order valence-corrected chi connectivity index (χ2v) is 5.69. The van der Waals surface area contributed by atoms with E-state index in [4.69, 9.17) is 5.84 Å². The van der Waals surface area contributed by atoms with Crippen molar-refractivity contribution in [1.82, 2.24) is 14.5 Å². The van der Waals surface area contributed by atoms with E-state index in [0.29, 0.717) is 0 Å². The van der Waals surface area contributed by atoms with Crippen LogP contribution in [-0.2, 0) is 6.54 Å². The largest absolute Gasteiger partial charge is 0.325 e. The molecule has 6 heteroatoms. The SMILES string of the molecule is Cc1cc2ncn(Cc3cnc(NN)s3)c2cc1C. The molecule has 0 saturated carbocycles. The lowest BCUT2D eigenvalue weighted by Crippen LogP contribution is -2.05. The highest BCUT2D eigenvalue weighted by Gasteiger charge is 2.07. The van der Waals surface area contributed by atoms with Gasteiger partial charge in [-0.25, -0.2) is 15.8 Å². The number of anilines is 1. The molecule has 0 unspecified atom stereocenters. The van der Waals surface area contributed by atoms with Crippen LogP contribution in [0.15, 0.2) is 24.7 Å². The third kappa shape index (κ3) is 2.20. The fourth-order valence-corrected chi connectivity index (χ4v) is 2.78. The van der Waals surface area contributed by atoms with Crippen LogP contribution in [0.3, 0.4) is 0 Å². The lowest BCUT2D eigenvalue weighted by Gasteiger charge is -2.04. The molecule has 3 aromatic rings. The number of hydrazine groups is 1. The number of imidazole rings is 1.